The fraction of sp³-hybridized carbons (Fsp3) is 0.853. The van der Waals surface area contributed by atoms with Crippen molar-refractivity contribution in [3.05, 3.63) is 11.6 Å². The summed E-state index contributed by atoms with van der Waals surface area (Å²) in [5, 5.41) is 39.6. The minimum atomic E-state index is -2.01. The molecule has 0 amide bonds. The van der Waals surface area contributed by atoms with E-state index in [4.69, 9.17) is 4.74 Å². The average Bonchev–Trinajstić information content (AvgIpc) is 2.98. The summed E-state index contributed by atoms with van der Waals surface area (Å²) >= 11 is 0. The van der Waals surface area contributed by atoms with Crippen LogP contribution in [0.15, 0.2) is 11.6 Å². The van der Waals surface area contributed by atoms with E-state index in [1.54, 1.807) is 6.92 Å². The van der Waals surface area contributed by atoms with Crippen molar-refractivity contribution in [3.63, 3.8) is 0 Å². The van der Waals surface area contributed by atoms with Gasteiger partial charge in [-0.25, -0.2) is 4.79 Å². The molecule has 0 radical (unpaired) electrons. The Bertz CT molecular complexity index is 797. The Labute approximate surface area is 260 Å². The van der Waals surface area contributed by atoms with Gasteiger partial charge in [0.2, 0.25) is 0 Å². The van der Waals surface area contributed by atoms with Gasteiger partial charge in [0, 0.05) is 0 Å². The lowest BCUT2D eigenvalue weighted by Gasteiger charge is -2.25. The second-order valence-electron chi connectivity index (χ2n) is 12.4. The molecule has 43 heavy (non-hydrogen) atoms. The highest BCUT2D eigenvalue weighted by atomic mass is 16.6. The van der Waals surface area contributed by atoms with Gasteiger partial charge in [-0.3, -0.25) is 9.59 Å². The van der Waals surface area contributed by atoms with Crippen molar-refractivity contribution in [2.24, 2.45) is 17.8 Å². The number of rotatable bonds is 26. The van der Waals surface area contributed by atoms with E-state index in [-0.39, 0.29) is 12.0 Å². The number of methoxy groups -OCH3 is 1. The topological polar surface area (TPSA) is 151 Å². The molecule has 9 nitrogen and oxygen atoms in total. The number of Topliss-reactive ketones (excluding diaryl/α,β-unsaturated/α-hetero) is 1. The first-order chi connectivity index (χ1) is 20.4. The Morgan fingerprint density at radius 3 is 1.81 bits per heavy atom. The van der Waals surface area contributed by atoms with E-state index in [1.165, 1.54) is 58.3 Å². The highest BCUT2D eigenvalue weighted by Crippen LogP contribution is 2.22. The number of ketones is 1. The Balaban J connectivity index is 4.38. The minimum Gasteiger partial charge on any atom is -0.467 e. The second-order valence-corrected chi connectivity index (χ2v) is 12.4. The monoisotopic (exact) mass is 614 g/mol. The molecule has 0 saturated carbocycles. The largest absolute Gasteiger partial charge is 0.467 e. The molecule has 0 fully saturated rings. The van der Waals surface area contributed by atoms with Crippen molar-refractivity contribution in [1.82, 2.24) is 0 Å². The van der Waals surface area contributed by atoms with Crippen LogP contribution in [-0.2, 0) is 23.9 Å². The third kappa shape index (κ3) is 18.6. The zero-order valence-corrected chi connectivity index (χ0v) is 27.8. The molecule has 0 aromatic heterocycles. The summed E-state index contributed by atoms with van der Waals surface area (Å²) in [7, 11) is 1.02. The molecule has 0 aliphatic heterocycles. The molecule has 252 valence electrons. The van der Waals surface area contributed by atoms with Gasteiger partial charge in [-0.15, -0.1) is 0 Å². The maximum absolute atomic E-state index is 12.8. The normalized spacial score (nSPS) is 16.9. The highest BCUT2D eigenvalue weighted by molar-refractivity contribution is 6.07. The number of esters is 2. The second kappa shape index (κ2) is 24.5. The van der Waals surface area contributed by atoms with Crippen LogP contribution < -0.4 is 0 Å². The van der Waals surface area contributed by atoms with Crippen LogP contribution in [0.5, 0.6) is 0 Å². The van der Waals surface area contributed by atoms with Crippen LogP contribution in [0.1, 0.15) is 131 Å². The lowest BCUT2D eigenvalue weighted by atomic mass is 9.89. The number of allylic oxidation sites excluding steroid dienone is 2. The number of hydrogen-bond donors (Lipinski definition) is 4. The number of aliphatic hydroxyl groups excluding tert-OH is 4. The van der Waals surface area contributed by atoms with Gasteiger partial charge < -0.3 is 29.9 Å². The average molecular weight is 615 g/mol. The number of ether oxygens (including phenoxy) is 2. The third-order valence-corrected chi connectivity index (χ3v) is 8.16. The summed E-state index contributed by atoms with van der Waals surface area (Å²) in [4.78, 5) is 36.8. The first-order valence-electron chi connectivity index (χ1n) is 16.5. The van der Waals surface area contributed by atoms with Crippen molar-refractivity contribution in [1.29, 1.82) is 0 Å². The number of unbranched alkanes of at least 4 members (excludes halogenated alkanes) is 9. The standard InChI is InChI=1S/C34H62O9/c1-7-8-9-10-11-12-13-14-15-19-28(36)20-17-16-18-24(2)21-25(3)22-26(4)30(37)27(5)33(40)43-29(23-35)31(38)32(39)34(41)42-6/h22,24-25,27-29,31-32,35-36,38-39H,7-21,23H2,1-6H3/b26-22+. The maximum Gasteiger partial charge on any atom is 0.337 e. The summed E-state index contributed by atoms with van der Waals surface area (Å²) in [6.45, 7) is 8.60. The highest BCUT2D eigenvalue weighted by Gasteiger charge is 2.36. The lowest BCUT2D eigenvalue weighted by Crippen LogP contribution is -2.47. The van der Waals surface area contributed by atoms with Gasteiger partial charge >= 0.3 is 11.9 Å². The first kappa shape index (κ1) is 41.2. The number of aliphatic hydroxyl groups is 4. The van der Waals surface area contributed by atoms with Crippen LogP contribution in [0, 0.1) is 17.8 Å². The molecule has 4 N–H and O–H groups in total. The molecule has 9 heteroatoms. The van der Waals surface area contributed by atoms with E-state index < -0.39 is 48.6 Å². The van der Waals surface area contributed by atoms with Gasteiger partial charge in [-0.05, 0) is 50.5 Å². The number of carbonyl (C=O) groups is 3. The van der Waals surface area contributed by atoms with Crippen LogP contribution in [-0.4, -0.2) is 76.3 Å². The molecule has 0 spiro atoms. The maximum atomic E-state index is 12.8. The zero-order chi connectivity index (χ0) is 32.8. The quantitative estimate of drug-likeness (QED) is 0.0432. The number of carbonyl (C=O) groups excluding carboxylic acids is 3. The summed E-state index contributed by atoms with van der Waals surface area (Å²) in [6, 6.07) is 0. The van der Waals surface area contributed by atoms with Gasteiger partial charge in [-0.1, -0.05) is 104 Å². The third-order valence-electron chi connectivity index (χ3n) is 8.16. The Morgan fingerprint density at radius 2 is 1.28 bits per heavy atom. The SMILES string of the molecule is CCCCCCCCCCCC(O)CCCCC(C)CC(C)/C=C(\C)C(=O)C(C)C(=O)OC(CO)C(O)C(O)C(=O)OC. The summed E-state index contributed by atoms with van der Waals surface area (Å²) in [5.74, 6) is -3.20. The van der Waals surface area contributed by atoms with Gasteiger partial charge in [0.1, 0.15) is 12.0 Å². The fourth-order valence-electron chi connectivity index (χ4n) is 5.42. The molecular weight excluding hydrogens is 552 g/mol. The van der Waals surface area contributed by atoms with Gasteiger partial charge in [0.25, 0.3) is 0 Å². The van der Waals surface area contributed by atoms with Crippen LogP contribution in [0.2, 0.25) is 0 Å². The van der Waals surface area contributed by atoms with Gasteiger partial charge in [0.05, 0.1) is 19.8 Å². The van der Waals surface area contributed by atoms with E-state index in [2.05, 4.69) is 18.6 Å². The fourth-order valence-corrected chi connectivity index (χ4v) is 5.42. The van der Waals surface area contributed by atoms with E-state index in [0.29, 0.717) is 11.5 Å². The van der Waals surface area contributed by atoms with Crippen molar-refractivity contribution in [3.8, 4) is 0 Å². The van der Waals surface area contributed by atoms with Crippen LogP contribution in [0.4, 0.5) is 0 Å². The molecular formula is C34H62O9. The van der Waals surface area contributed by atoms with Crippen molar-refractivity contribution < 1.29 is 44.3 Å². The summed E-state index contributed by atoms with van der Waals surface area (Å²) in [5.41, 5.74) is 0.416. The molecule has 7 unspecified atom stereocenters. The smallest absolute Gasteiger partial charge is 0.337 e. The Kier molecular flexibility index (Phi) is 23.5. The van der Waals surface area contributed by atoms with Gasteiger partial charge in [-0.2, -0.15) is 0 Å². The van der Waals surface area contributed by atoms with Gasteiger partial charge in [0.15, 0.2) is 18.0 Å². The molecule has 0 aromatic rings. The Morgan fingerprint density at radius 1 is 0.767 bits per heavy atom. The molecule has 0 aliphatic rings. The predicted octanol–water partition coefficient (Wildman–Crippen LogP) is 5.44. The first-order valence-corrected chi connectivity index (χ1v) is 16.5. The van der Waals surface area contributed by atoms with Crippen LogP contribution in [0.3, 0.4) is 0 Å². The van der Waals surface area contributed by atoms with Crippen LogP contribution >= 0.6 is 0 Å². The van der Waals surface area contributed by atoms with E-state index in [9.17, 15) is 34.8 Å². The molecule has 0 bridgehead atoms. The lowest BCUT2D eigenvalue weighted by molar-refractivity contribution is -0.178. The van der Waals surface area contributed by atoms with E-state index in [0.717, 1.165) is 52.1 Å². The minimum absolute atomic E-state index is 0.113. The predicted molar refractivity (Wildman–Crippen MR) is 168 cm³/mol. The number of hydrogen-bond acceptors (Lipinski definition) is 9. The van der Waals surface area contributed by atoms with E-state index >= 15 is 0 Å². The molecule has 7 atom stereocenters. The zero-order valence-electron chi connectivity index (χ0n) is 27.8. The molecule has 0 aromatic carbocycles. The molecule has 0 rings (SSSR count). The molecule has 0 aliphatic carbocycles. The Hall–Kier alpha value is -1.81. The molecule has 0 saturated heterocycles. The van der Waals surface area contributed by atoms with Crippen molar-refractivity contribution in [2.75, 3.05) is 13.7 Å². The van der Waals surface area contributed by atoms with Crippen molar-refractivity contribution in [2.45, 2.75) is 155 Å². The molecule has 0 heterocycles. The summed E-state index contributed by atoms with van der Waals surface area (Å²) < 4.78 is 9.37. The van der Waals surface area contributed by atoms with Crippen LogP contribution in [0.25, 0.3) is 0 Å². The van der Waals surface area contributed by atoms with E-state index in [1.807, 2.05) is 13.0 Å². The summed E-state index contributed by atoms with van der Waals surface area (Å²) in [6.07, 6.45) is 13.4. The van der Waals surface area contributed by atoms with Crippen molar-refractivity contribution >= 4 is 17.7 Å².